The van der Waals surface area contributed by atoms with Crippen LogP contribution < -0.4 is 4.57 Å². The molecule has 0 aromatic carbocycles. The van der Waals surface area contributed by atoms with Crippen LogP contribution in [0.15, 0.2) is 18.7 Å². The van der Waals surface area contributed by atoms with Crippen LogP contribution >= 0.6 is 0 Å². The summed E-state index contributed by atoms with van der Waals surface area (Å²) in [7, 11) is 0. The molecule has 54 valence electrons. The first kappa shape index (κ1) is 6.80. The van der Waals surface area contributed by atoms with Crippen LogP contribution in [-0.4, -0.2) is 15.8 Å². The monoisotopic (exact) mass is 141 g/mol. The predicted octanol–water partition coefficient (Wildman–Crippen LogP) is 0.322. The fourth-order valence-corrected chi connectivity index (χ4v) is 0.694. The topological polar surface area (TPSA) is 46.1 Å². The van der Waals surface area contributed by atoms with Gasteiger partial charge in [-0.05, 0) is 6.92 Å². The number of nitrogens with zero attached hydrogens (tertiary/aromatic N) is 2. The molecule has 0 aliphatic heterocycles. The molecule has 0 atom stereocenters. The minimum Gasteiger partial charge on any atom is -0.446 e. The van der Waals surface area contributed by atoms with Crippen LogP contribution in [-0.2, 0) is 6.54 Å². The molecule has 0 unspecified atom stereocenters. The fourth-order valence-electron chi connectivity index (χ4n) is 0.694. The van der Waals surface area contributed by atoms with Crippen LogP contribution in [0.2, 0.25) is 0 Å². The molecule has 1 aromatic heterocycles. The summed E-state index contributed by atoms with van der Waals surface area (Å²) in [4.78, 5) is 10.3. The molecule has 4 heteroatoms. The lowest BCUT2D eigenvalue weighted by Crippen LogP contribution is -2.29. The molecular formula is C6H9N2O2+. The van der Waals surface area contributed by atoms with Crippen molar-refractivity contribution in [2.45, 2.75) is 13.5 Å². The number of hydrogen-bond donors (Lipinski definition) is 1. The number of aryl methyl sites for hydroxylation is 1. The molecular weight excluding hydrogens is 132 g/mol. The van der Waals surface area contributed by atoms with Gasteiger partial charge in [0, 0.05) is 0 Å². The third-order valence-electron chi connectivity index (χ3n) is 1.28. The van der Waals surface area contributed by atoms with Gasteiger partial charge in [-0.15, -0.1) is 4.57 Å². The highest BCUT2D eigenvalue weighted by atomic mass is 16.4. The third-order valence-corrected chi connectivity index (χ3v) is 1.28. The molecule has 1 heterocycles. The van der Waals surface area contributed by atoms with Crippen LogP contribution in [0.1, 0.15) is 6.92 Å². The number of carboxylic acid groups (broad SMARTS) is 1. The van der Waals surface area contributed by atoms with E-state index in [4.69, 9.17) is 5.11 Å². The van der Waals surface area contributed by atoms with Gasteiger partial charge in [0.05, 0.1) is 6.54 Å². The fraction of sp³-hybridized carbons (Fsp3) is 0.333. The second-order valence-corrected chi connectivity index (χ2v) is 1.93. The Bertz CT molecular complexity index is 242. The summed E-state index contributed by atoms with van der Waals surface area (Å²) in [6.07, 6.45) is 3.80. The van der Waals surface area contributed by atoms with E-state index in [1.807, 2.05) is 6.92 Å². The highest BCUT2D eigenvalue weighted by Crippen LogP contribution is 1.81. The second-order valence-electron chi connectivity index (χ2n) is 1.93. The maximum absolute atomic E-state index is 10.3. The first-order chi connectivity index (χ1) is 4.74. The van der Waals surface area contributed by atoms with Gasteiger partial charge in [-0.3, -0.25) is 0 Å². The van der Waals surface area contributed by atoms with Crippen molar-refractivity contribution < 1.29 is 14.5 Å². The van der Waals surface area contributed by atoms with Gasteiger partial charge in [0.1, 0.15) is 12.4 Å². The van der Waals surface area contributed by atoms with Gasteiger partial charge in [-0.2, -0.15) is 4.79 Å². The van der Waals surface area contributed by atoms with Crippen molar-refractivity contribution in [1.29, 1.82) is 0 Å². The van der Waals surface area contributed by atoms with E-state index >= 15 is 0 Å². The molecule has 0 amide bonds. The van der Waals surface area contributed by atoms with Gasteiger partial charge < -0.3 is 5.11 Å². The van der Waals surface area contributed by atoms with Gasteiger partial charge in [0.15, 0.2) is 0 Å². The summed E-state index contributed by atoms with van der Waals surface area (Å²) in [5.74, 6) is 0. The average Bonchev–Trinajstić information content (AvgIpc) is 2.34. The van der Waals surface area contributed by atoms with Crippen molar-refractivity contribution in [2.24, 2.45) is 0 Å². The summed E-state index contributed by atoms with van der Waals surface area (Å²) in [6, 6.07) is 0. The number of carbonyl (C=O) groups is 1. The van der Waals surface area contributed by atoms with E-state index in [9.17, 15) is 4.79 Å². The molecule has 0 saturated carbocycles. The summed E-state index contributed by atoms with van der Waals surface area (Å²) in [6.45, 7) is 2.74. The Kier molecular flexibility index (Phi) is 1.71. The first-order valence-electron chi connectivity index (χ1n) is 3.04. The minimum atomic E-state index is -0.952. The molecule has 0 fully saturated rings. The van der Waals surface area contributed by atoms with Crippen LogP contribution in [0, 0.1) is 0 Å². The highest BCUT2D eigenvalue weighted by Gasteiger charge is 2.07. The maximum Gasteiger partial charge on any atom is 0.509 e. The number of aromatic nitrogens is 2. The van der Waals surface area contributed by atoms with Crippen molar-refractivity contribution in [3.05, 3.63) is 18.7 Å². The van der Waals surface area contributed by atoms with Gasteiger partial charge in [0.2, 0.25) is 0 Å². The smallest absolute Gasteiger partial charge is 0.446 e. The zero-order valence-electron chi connectivity index (χ0n) is 5.69. The van der Waals surface area contributed by atoms with E-state index in [2.05, 4.69) is 0 Å². The zero-order chi connectivity index (χ0) is 7.56. The zero-order valence-corrected chi connectivity index (χ0v) is 5.69. The Morgan fingerprint density at radius 1 is 1.80 bits per heavy atom. The number of imidazole rings is 1. The summed E-state index contributed by atoms with van der Waals surface area (Å²) >= 11 is 0. The molecule has 0 bridgehead atoms. The van der Waals surface area contributed by atoms with E-state index in [1.54, 1.807) is 10.8 Å². The average molecular weight is 141 g/mol. The Balaban J connectivity index is 2.88. The molecule has 0 spiro atoms. The minimum absolute atomic E-state index is 0.792. The predicted molar refractivity (Wildman–Crippen MR) is 33.7 cm³/mol. The van der Waals surface area contributed by atoms with Crippen LogP contribution in [0.25, 0.3) is 0 Å². The molecule has 0 saturated heterocycles. The lowest BCUT2D eigenvalue weighted by atomic mass is 10.7. The van der Waals surface area contributed by atoms with Crippen molar-refractivity contribution >= 4 is 6.09 Å². The van der Waals surface area contributed by atoms with E-state index in [-0.39, 0.29) is 0 Å². The lowest BCUT2D eigenvalue weighted by Gasteiger charge is -1.82. The van der Waals surface area contributed by atoms with Crippen LogP contribution in [0.4, 0.5) is 4.79 Å². The summed E-state index contributed by atoms with van der Waals surface area (Å²) < 4.78 is 2.90. The van der Waals surface area contributed by atoms with E-state index < -0.39 is 6.09 Å². The second kappa shape index (κ2) is 2.51. The molecule has 10 heavy (non-hydrogen) atoms. The van der Waals surface area contributed by atoms with Gasteiger partial charge >= 0.3 is 6.09 Å². The Morgan fingerprint density at radius 3 is 2.80 bits per heavy atom. The van der Waals surface area contributed by atoms with Crippen molar-refractivity contribution in [2.75, 3.05) is 0 Å². The Labute approximate surface area is 58.3 Å². The normalized spacial score (nSPS) is 9.70. The molecule has 0 aliphatic rings. The largest absolute Gasteiger partial charge is 0.509 e. The summed E-state index contributed by atoms with van der Waals surface area (Å²) in [5.41, 5.74) is 0. The SMILES string of the molecule is CC[n+]1ccn(C(=O)O)c1. The van der Waals surface area contributed by atoms with Crippen LogP contribution in [0.3, 0.4) is 0 Å². The molecule has 0 aliphatic carbocycles. The lowest BCUT2D eigenvalue weighted by molar-refractivity contribution is -0.692. The molecule has 4 nitrogen and oxygen atoms in total. The standard InChI is InChI=1S/C6H8N2O2/c1-2-7-3-4-8(5-7)6(9)10/h3-5H,2H2,1H3/p+1. The Morgan fingerprint density at radius 2 is 2.50 bits per heavy atom. The first-order valence-corrected chi connectivity index (χ1v) is 3.04. The molecule has 1 rings (SSSR count). The molecule has 1 aromatic rings. The quantitative estimate of drug-likeness (QED) is 0.572. The van der Waals surface area contributed by atoms with Crippen LogP contribution in [0.5, 0.6) is 0 Å². The number of hydrogen-bond acceptors (Lipinski definition) is 1. The number of rotatable bonds is 1. The third kappa shape index (κ3) is 1.15. The van der Waals surface area contributed by atoms with Crippen molar-refractivity contribution in [3.63, 3.8) is 0 Å². The van der Waals surface area contributed by atoms with E-state index in [1.165, 1.54) is 12.5 Å². The highest BCUT2D eigenvalue weighted by molar-refractivity contribution is 5.67. The Hall–Kier alpha value is -1.32. The molecule has 1 N–H and O–H groups in total. The van der Waals surface area contributed by atoms with Gasteiger partial charge in [-0.1, -0.05) is 0 Å². The van der Waals surface area contributed by atoms with E-state index in [0.29, 0.717) is 0 Å². The van der Waals surface area contributed by atoms with Crippen molar-refractivity contribution in [1.82, 2.24) is 4.57 Å². The van der Waals surface area contributed by atoms with Gasteiger partial charge in [-0.25, -0.2) is 4.57 Å². The maximum atomic E-state index is 10.3. The van der Waals surface area contributed by atoms with Gasteiger partial charge in [0.25, 0.3) is 6.33 Å². The summed E-state index contributed by atoms with van der Waals surface area (Å²) in [5, 5.41) is 8.44. The van der Waals surface area contributed by atoms with E-state index in [0.717, 1.165) is 11.1 Å². The molecule has 0 radical (unpaired) electrons. The van der Waals surface area contributed by atoms with Crippen molar-refractivity contribution in [3.8, 4) is 0 Å².